The van der Waals surface area contributed by atoms with Crippen molar-refractivity contribution in [2.24, 2.45) is 0 Å². The first-order valence-corrected chi connectivity index (χ1v) is 9.08. The Labute approximate surface area is 142 Å². The molecule has 134 valence electrons. The molecule has 0 radical (unpaired) electrons. The first-order chi connectivity index (χ1) is 11.4. The van der Waals surface area contributed by atoms with Gasteiger partial charge in [-0.25, -0.2) is 0 Å². The quantitative estimate of drug-likeness (QED) is 0.803. The van der Waals surface area contributed by atoms with Crippen molar-refractivity contribution in [1.29, 1.82) is 0 Å². The van der Waals surface area contributed by atoms with Crippen LogP contribution in [-0.4, -0.2) is 41.7 Å². The highest BCUT2D eigenvalue weighted by Gasteiger charge is 2.35. The van der Waals surface area contributed by atoms with Gasteiger partial charge in [0.1, 0.15) is 0 Å². The minimum atomic E-state index is -4.13. The zero-order valence-corrected chi connectivity index (χ0v) is 14.4. The zero-order valence-electron chi connectivity index (χ0n) is 14.4. The smallest absolute Gasteiger partial charge is 0.299 e. The third kappa shape index (κ3) is 4.51. The fourth-order valence-electron chi connectivity index (χ4n) is 4.05. The SMILES string of the molecule is CCC1Cc2cc(CN3CCCCC3)ccc2CN1CC(F)(F)F. The lowest BCUT2D eigenvalue weighted by Crippen LogP contribution is -2.45. The number of halogens is 3. The topological polar surface area (TPSA) is 6.48 Å². The Balaban J connectivity index is 1.71. The van der Waals surface area contributed by atoms with Crippen LogP contribution in [0.3, 0.4) is 0 Å². The van der Waals surface area contributed by atoms with Crippen molar-refractivity contribution in [3.05, 3.63) is 34.9 Å². The molecule has 3 rings (SSSR count). The van der Waals surface area contributed by atoms with E-state index in [1.807, 2.05) is 13.0 Å². The summed E-state index contributed by atoms with van der Waals surface area (Å²) in [4.78, 5) is 4.08. The van der Waals surface area contributed by atoms with Gasteiger partial charge < -0.3 is 0 Å². The number of fused-ring (bicyclic) bond motifs is 1. The predicted octanol–water partition coefficient (Wildman–Crippen LogP) is 4.37. The lowest BCUT2D eigenvalue weighted by molar-refractivity contribution is -0.153. The highest BCUT2D eigenvalue weighted by atomic mass is 19.4. The van der Waals surface area contributed by atoms with Gasteiger partial charge in [-0.1, -0.05) is 31.5 Å². The molecule has 1 unspecified atom stereocenters. The summed E-state index contributed by atoms with van der Waals surface area (Å²) in [6.07, 6.45) is 1.24. The van der Waals surface area contributed by atoms with Gasteiger partial charge >= 0.3 is 6.18 Å². The van der Waals surface area contributed by atoms with Crippen molar-refractivity contribution in [2.45, 2.75) is 64.3 Å². The molecular weight excluding hydrogens is 313 g/mol. The number of hydrogen-bond acceptors (Lipinski definition) is 2. The Kier molecular flexibility index (Phi) is 5.50. The van der Waals surface area contributed by atoms with Crippen LogP contribution in [0.5, 0.6) is 0 Å². The third-order valence-electron chi connectivity index (χ3n) is 5.32. The summed E-state index contributed by atoms with van der Waals surface area (Å²) in [5, 5.41) is 0. The number of alkyl halides is 3. The molecule has 1 atom stereocenters. The number of benzene rings is 1. The van der Waals surface area contributed by atoms with Crippen LogP contribution in [-0.2, 0) is 19.5 Å². The van der Waals surface area contributed by atoms with Gasteiger partial charge in [0, 0.05) is 19.1 Å². The maximum absolute atomic E-state index is 12.8. The number of likely N-dealkylation sites (tertiary alicyclic amines) is 1. The summed E-state index contributed by atoms with van der Waals surface area (Å²) < 4.78 is 38.4. The molecule has 0 amide bonds. The van der Waals surface area contributed by atoms with E-state index in [-0.39, 0.29) is 6.04 Å². The van der Waals surface area contributed by atoms with Crippen LogP contribution in [0, 0.1) is 0 Å². The van der Waals surface area contributed by atoms with E-state index in [9.17, 15) is 13.2 Å². The zero-order chi connectivity index (χ0) is 17.2. The number of rotatable bonds is 4. The molecule has 1 fully saturated rings. The van der Waals surface area contributed by atoms with Crippen LogP contribution in [0.25, 0.3) is 0 Å². The van der Waals surface area contributed by atoms with Gasteiger partial charge in [0.15, 0.2) is 0 Å². The monoisotopic (exact) mass is 340 g/mol. The second-order valence-corrected chi connectivity index (χ2v) is 7.23. The Morgan fingerprint density at radius 2 is 1.83 bits per heavy atom. The molecule has 0 aromatic heterocycles. The Morgan fingerprint density at radius 3 is 2.50 bits per heavy atom. The van der Waals surface area contributed by atoms with Gasteiger partial charge in [-0.2, -0.15) is 13.2 Å². The second-order valence-electron chi connectivity index (χ2n) is 7.23. The van der Waals surface area contributed by atoms with E-state index in [4.69, 9.17) is 0 Å². The molecule has 0 spiro atoms. The van der Waals surface area contributed by atoms with Crippen LogP contribution < -0.4 is 0 Å². The molecule has 1 aromatic rings. The van der Waals surface area contributed by atoms with Gasteiger partial charge in [0.25, 0.3) is 0 Å². The molecular formula is C19H27F3N2. The van der Waals surface area contributed by atoms with Gasteiger partial charge in [0.2, 0.25) is 0 Å². The molecule has 2 aliphatic heterocycles. The largest absolute Gasteiger partial charge is 0.401 e. The van der Waals surface area contributed by atoms with Crippen LogP contribution in [0.15, 0.2) is 18.2 Å². The Bertz CT molecular complexity index is 550. The van der Waals surface area contributed by atoms with Crippen molar-refractivity contribution in [3.63, 3.8) is 0 Å². The molecule has 2 nitrogen and oxygen atoms in total. The molecule has 2 heterocycles. The van der Waals surface area contributed by atoms with Crippen molar-refractivity contribution in [2.75, 3.05) is 19.6 Å². The summed E-state index contributed by atoms with van der Waals surface area (Å²) >= 11 is 0. The van der Waals surface area contributed by atoms with Gasteiger partial charge in [-0.3, -0.25) is 9.80 Å². The first kappa shape index (κ1) is 17.7. The van der Waals surface area contributed by atoms with Crippen LogP contribution in [0.4, 0.5) is 13.2 Å². The van der Waals surface area contributed by atoms with Gasteiger partial charge in [-0.15, -0.1) is 0 Å². The minimum absolute atomic E-state index is 0.00985. The second kappa shape index (κ2) is 7.44. The van der Waals surface area contributed by atoms with E-state index in [1.54, 1.807) is 4.90 Å². The van der Waals surface area contributed by atoms with Crippen molar-refractivity contribution < 1.29 is 13.2 Å². The summed E-state index contributed by atoms with van der Waals surface area (Å²) in [6.45, 7) is 4.88. The molecule has 0 aliphatic carbocycles. The lowest BCUT2D eigenvalue weighted by Gasteiger charge is -2.37. The third-order valence-corrected chi connectivity index (χ3v) is 5.32. The van der Waals surface area contributed by atoms with Crippen molar-refractivity contribution >= 4 is 0 Å². The van der Waals surface area contributed by atoms with E-state index < -0.39 is 12.7 Å². The fraction of sp³-hybridized carbons (Fsp3) is 0.684. The molecule has 24 heavy (non-hydrogen) atoms. The summed E-state index contributed by atoms with van der Waals surface area (Å²) in [7, 11) is 0. The summed E-state index contributed by atoms with van der Waals surface area (Å²) in [6, 6.07) is 6.37. The Hall–Kier alpha value is -1.07. The standard InChI is InChI=1S/C19H27F3N2/c1-2-18-11-17-10-15(12-23-8-4-3-5-9-23)6-7-16(17)13-24(18)14-19(20,21)22/h6-7,10,18H,2-5,8-9,11-14H2,1H3. The predicted molar refractivity (Wildman–Crippen MR) is 89.8 cm³/mol. The Morgan fingerprint density at radius 1 is 1.08 bits per heavy atom. The van der Waals surface area contributed by atoms with Crippen molar-refractivity contribution in [1.82, 2.24) is 9.80 Å². The molecule has 0 bridgehead atoms. The van der Waals surface area contributed by atoms with E-state index in [0.717, 1.165) is 38.0 Å². The average Bonchev–Trinajstić information content (AvgIpc) is 2.54. The first-order valence-electron chi connectivity index (χ1n) is 9.08. The normalized spacial score (nSPS) is 23.2. The van der Waals surface area contributed by atoms with Crippen LogP contribution in [0.1, 0.15) is 49.3 Å². The van der Waals surface area contributed by atoms with E-state index in [1.165, 1.54) is 30.4 Å². The molecule has 1 saturated heterocycles. The van der Waals surface area contributed by atoms with E-state index in [2.05, 4.69) is 17.0 Å². The highest BCUT2D eigenvalue weighted by molar-refractivity contribution is 5.34. The fourth-order valence-corrected chi connectivity index (χ4v) is 4.05. The number of piperidine rings is 1. The van der Waals surface area contributed by atoms with Gasteiger partial charge in [0.05, 0.1) is 6.54 Å². The van der Waals surface area contributed by atoms with Crippen molar-refractivity contribution in [3.8, 4) is 0 Å². The molecule has 0 saturated carbocycles. The number of hydrogen-bond donors (Lipinski definition) is 0. The summed E-state index contributed by atoms with van der Waals surface area (Å²) in [5.74, 6) is 0. The molecule has 0 N–H and O–H groups in total. The van der Waals surface area contributed by atoms with Crippen LogP contribution in [0.2, 0.25) is 0 Å². The molecule has 2 aliphatic rings. The highest BCUT2D eigenvalue weighted by Crippen LogP contribution is 2.29. The summed E-state index contributed by atoms with van der Waals surface area (Å²) in [5.41, 5.74) is 3.61. The van der Waals surface area contributed by atoms with Gasteiger partial charge in [-0.05, 0) is 55.5 Å². The molecule has 1 aromatic carbocycles. The van der Waals surface area contributed by atoms with E-state index in [0.29, 0.717) is 6.54 Å². The lowest BCUT2D eigenvalue weighted by atomic mass is 9.91. The average molecular weight is 340 g/mol. The maximum atomic E-state index is 12.8. The maximum Gasteiger partial charge on any atom is 0.401 e. The minimum Gasteiger partial charge on any atom is -0.299 e. The van der Waals surface area contributed by atoms with Crippen LogP contribution >= 0.6 is 0 Å². The number of nitrogens with zero attached hydrogens (tertiary/aromatic N) is 2. The molecule has 5 heteroatoms. The van der Waals surface area contributed by atoms with E-state index >= 15 is 0 Å².